The van der Waals surface area contributed by atoms with Gasteiger partial charge in [-0.05, 0) is 30.2 Å². The van der Waals surface area contributed by atoms with Crippen LogP contribution in [0.5, 0.6) is 0 Å². The summed E-state index contributed by atoms with van der Waals surface area (Å²) in [7, 11) is 0. The lowest BCUT2D eigenvalue weighted by Gasteiger charge is -2.05. The molecule has 0 bridgehead atoms. The van der Waals surface area contributed by atoms with E-state index in [2.05, 4.69) is 15.0 Å². The molecule has 1 aliphatic carbocycles. The number of aromatic nitrogens is 3. The number of carbonyl (C=O) groups excluding carboxylic acids is 2. The van der Waals surface area contributed by atoms with Crippen molar-refractivity contribution in [2.24, 2.45) is 0 Å². The minimum atomic E-state index is 0.191. The molecule has 0 atom stereocenters. The van der Waals surface area contributed by atoms with Crippen LogP contribution in [0.15, 0.2) is 42.7 Å². The van der Waals surface area contributed by atoms with Crippen molar-refractivity contribution in [2.75, 3.05) is 0 Å². The van der Waals surface area contributed by atoms with E-state index in [4.69, 9.17) is 0 Å². The quantitative estimate of drug-likeness (QED) is 0.754. The maximum Gasteiger partial charge on any atom is 0.185 e. The number of nitrogens with one attached hydrogen (secondary N) is 1. The lowest BCUT2D eigenvalue weighted by atomic mass is 10.0. The van der Waals surface area contributed by atoms with Crippen molar-refractivity contribution in [1.82, 2.24) is 15.0 Å². The van der Waals surface area contributed by atoms with E-state index in [1.165, 1.54) is 0 Å². The number of aromatic amines is 1. The molecular formula is C18H13N3O2. The van der Waals surface area contributed by atoms with Gasteiger partial charge in [0, 0.05) is 35.5 Å². The van der Waals surface area contributed by atoms with Gasteiger partial charge in [-0.2, -0.15) is 0 Å². The first-order valence-electron chi connectivity index (χ1n) is 7.38. The molecule has 3 aromatic rings. The fraction of sp³-hybridized carbons (Fsp3) is 0.111. The largest absolute Gasteiger partial charge is 0.335 e. The number of hydrogen-bond acceptors (Lipinski definition) is 4. The average Bonchev–Trinajstić information content (AvgIpc) is 3.19. The lowest BCUT2D eigenvalue weighted by Crippen LogP contribution is -1.91. The predicted molar refractivity (Wildman–Crippen MR) is 85.3 cm³/mol. The number of hydrogen-bond donors (Lipinski definition) is 1. The van der Waals surface area contributed by atoms with Crippen molar-refractivity contribution < 1.29 is 9.59 Å². The van der Waals surface area contributed by atoms with Crippen LogP contribution in [-0.4, -0.2) is 27.0 Å². The molecule has 0 amide bonds. The van der Waals surface area contributed by atoms with E-state index >= 15 is 0 Å². The monoisotopic (exact) mass is 303 g/mol. The van der Waals surface area contributed by atoms with Gasteiger partial charge in [0.05, 0.1) is 11.4 Å². The van der Waals surface area contributed by atoms with Crippen LogP contribution in [0.4, 0.5) is 0 Å². The van der Waals surface area contributed by atoms with E-state index < -0.39 is 0 Å². The Morgan fingerprint density at radius 3 is 2.65 bits per heavy atom. The number of aryl methyl sites for hydroxylation is 1. The number of fused-ring (bicyclic) bond motifs is 1. The minimum Gasteiger partial charge on any atom is -0.335 e. The van der Waals surface area contributed by atoms with Gasteiger partial charge in [0.1, 0.15) is 0 Å². The Labute approximate surface area is 132 Å². The molecule has 5 heteroatoms. The number of imidazole rings is 1. The molecule has 1 N–H and O–H groups in total. The Hall–Kier alpha value is -3.08. The normalized spacial score (nSPS) is 13.1. The third kappa shape index (κ3) is 2.26. The summed E-state index contributed by atoms with van der Waals surface area (Å²) in [5.74, 6) is 0.472. The van der Waals surface area contributed by atoms with Crippen LogP contribution >= 0.6 is 0 Å². The third-order valence-electron chi connectivity index (χ3n) is 4.10. The number of benzene rings is 1. The van der Waals surface area contributed by atoms with Crippen LogP contribution in [0, 0.1) is 0 Å². The molecule has 5 nitrogen and oxygen atoms in total. The highest BCUT2D eigenvalue weighted by Crippen LogP contribution is 2.32. The highest BCUT2D eigenvalue weighted by Gasteiger charge is 2.21. The van der Waals surface area contributed by atoms with Gasteiger partial charge in [0.2, 0.25) is 0 Å². The molecule has 2 aromatic heterocycles. The Kier molecular flexibility index (Phi) is 3.12. The molecule has 4 rings (SSSR count). The fourth-order valence-electron chi connectivity index (χ4n) is 2.99. The second kappa shape index (κ2) is 5.28. The fourth-order valence-corrected chi connectivity index (χ4v) is 2.99. The summed E-state index contributed by atoms with van der Waals surface area (Å²) < 4.78 is 0. The molecule has 23 heavy (non-hydrogen) atoms. The van der Waals surface area contributed by atoms with E-state index in [0.717, 1.165) is 34.4 Å². The number of rotatable bonds is 3. The molecule has 2 heterocycles. The van der Waals surface area contributed by atoms with Crippen LogP contribution < -0.4 is 0 Å². The van der Waals surface area contributed by atoms with Crippen LogP contribution in [-0.2, 0) is 6.42 Å². The molecule has 0 spiro atoms. The van der Waals surface area contributed by atoms with Gasteiger partial charge in [-0.15, -0.1) is 0 Å². The second-order valence-corrected chi connectivity index (χ2v) is 5.49. The number of H-pyrrole nitrogens is 1. The van der Waals surface area contributed by atoms with Gasteiger partial charge in [0.15, 0.2) is 17.9 Å². The van der Waals surface area contributed by atoms with Crippen molar-refractivity contribution in [2.45, 2.75) is 12.8 Å². The van der Waals surface area contributed by atoms with Gasteiger partial charge < -0.3 is 4.98 Å². The summed E-state index contributed by atoms with van der Waals surface area (Å²) in [6, 6.07) is 9.46. The SMILES string of the molecule is O=Cc1nc(-c2ccc3c(c2)CCC3=O)c(-c2ccncc2)[nH]1. The summed E-state index contributed by atoms with van der Waals surface area (Å²) in [6.45, 7) is 0. The van der Waals surface area contributed by atoms with Crippen LogP contribution in [0.3, 0.4) is 0 Å². The summed E-state index contributed by atoms with van der Waals surface area (Å²) in [5, 5.41) is 0. The van der Waals surface area contributed by atoms with E-state index in [0.29, 0.717) is 18.4 Å². The van der Waals surface area contributed by atoms with Crippen molar-refractivity contribution in [1.29, 1.82) is 0 Å². The molecule has 1 aliphatic rings. The maximum absolute atomic E-state index is 11.8. The van der Waals surface area contributed by atoms with Gasteiger partial charge in [-0.25, -0.2) is 4.98 Å². The number of ketones is 1. The first-order valence-corrected chi connectivity index (χ1v) is 7.38. The zero-order chi connectivity index (χ0) is 15.8. The van der Waals surface area contributed by atoms with Crippen molar-refractivity contribution in [3.63, 3.8) is 0 Å². The number of Topliss-reactive ketones (excluding diaryl/α,β-unsaturated/α-hetero) is 1. The molecule has 112 valence electrons. The Balaban J connectivity index is 1.88. The smallest absolute Gasteiger partial charge is 0.185 e. The number of aldehydes is 1. The summed E-state index contributed by atoms with van der Waals surface area (Å²) in [4.78, 5) is 34.3. The minimum absolute atomic E-state index is 0.191. The predicted octanol–water partition coefficient (Wildman–Crippen LogP) is 3.08. The zero-order valence-corrected chi connectivity index (χ0v) is 12.2. The molecule has 0 unspecified atom stereocenters. The van der Waals surface area contributed by atoms with E-state index in [-0.39, 0.29) is 11.6 Å². The van der Waals surface area contributed by atoms with Crippen molar-refractivity contribution >= 4 is 12.1 Å². The molecule has 1 aromatic carbocycles. The van der Waals surface area contributed by atoms with Gasteiger partial charge in [0.25, 0.3) is 0 Å². The first-order chi connectivity index (χ1) is 11.3. The maximum atomic E-state index is 11.8. The number of carbonyl (C=O) groups is 2. The Morgan fingerprint density at radius 1 is 1.04 bits per heavy atom. The Morgan fingerprint density at radius 2 is 1.87 bits per heavy atom. The van der Waals surface area contributed by atoms with Gasteiger partial charge in [-0.3, -0.25) is 14.6 Å². The van der Waals surface area contributed by atoms with Gasteiger partial charge >= 0.3 is 0 Å². The zero-order valence-electron chi connectivity index (χ0n) is 12.2. The summed E-state index contributed by atoms with van der Waals surface area (Å²) >= 11 is 0. The number of pyridine rings is 1. The van der Waals surface area contributed by atoms with Crippen molar-refractivity contribution in [3.05, 3.63) is 59.7 Å². The second-order valence-electron chi connectivity index (χ2n) is 5.49. The molecule has 0 saturated heterocycles. The van der Waals surface area contributed by atoms with Crippen molar-refractivity contribution in [3.8, 4) is 22.5 Å². The lowest BCUT2D eigenvalue weighted by molar-refractivity contribution is 0.0994. The van der Waals surface area contributed by atoms with Gasteiger partial charge in [-0.1, -0.05) is 12.1 Å². The van der Waals surface area contributed by atoms with Crippen LogP contribution in [0.1, 0.15) is 33.0 Å². The van der Waals surface area contributed by atoms with Crippen LogP contribution in [0.2, 0.25) is 0 Å². The molecule has 0 saturated carbocycles. The summed E-state index contributed by atoms with van der Waals surface area (Å²) in [5.41, 5.74) is 5.13. The highest BCUT2D eigenvalue weighted by molar-refractivity contribution is 6.01. The highest BCUT2D eigenvalue weighted by atomic mass is 16.1. The molecular weight excluding hydrogens is 290 g/mol. The third-order valence-corrected chi connectivity index (χ3v) is 4.10. The number of nitrogens with zero attached hydrogens (tertiary/aromatic N) is 2. The average molecular weight is 303 g/mol. The van der Waals surface area contributed by atoms with E-state index in [1.807, 2.05) is 30.3 Å². The Bertz CT molecular complexity index is 913. The van der Waals surface area contributed by atoms with E-state index in [9.17, 15) is 9.59 Å². The standard InChI is InChI=1S/C18H13N3O2/c22-10-16-20-17(11-5-7-19-8-6-11)18(21-16)13-1-3-14-12(9-13)2-4-15(14)23/h1,3,5-10H,2,4H2,(H,20,21). The topological polar surface area (TPSA) is 75.7 Å². The van der Waals surface area contributed by atoms with E-state index in [1.54, 1.807) is 12.4 Å². The molecule has 0 radical (unpaired) electrons. The molecule has 0 fully saturated rings. The van der Waals surface area contributed by atoms with Crippen LogP contribution in [0.25, 0.3) is 22.5 Å². The first kappa shape index (κ1) is 13.6. The summed E-state index contributed by atoms with van der Waals surface area (Å²) in [6.07, 6.45) is 5.42. The molecule has 0 aliphatic heterocycles.